The Labute approximate surface area is 107 Å². The number of rotatable bonds is 6. The zero-order valence-electron chi connectivity index (χ0n) is 10.9. The number of nitriles is 1. The van der Waals surface area contributed by atoms with E-state index in [4.69, 9.17) is 10.4 Å². The van der Waals surface area contributed by atoms with E-state index >= 15 is 0 Å². The monoisotopic (exact) mass is 250 g/mol. The molecule has 1 rings (SSSR count). The van der Waals surface area contributed by atoms with Crippen LogP contribution in [0, 0.1) is 17.1 Å². The van der Waals surface area contributed by atoms with Gasteiger partial charge < -0.3 is 5.11 Å². The maximum absolute atomic E-state index is 13.2. The molecule has 0 atom stereocenters. The van der Waals surface area contributed by atoms with E-state index < -0.39 is 0 Å². The Bertz CT molecular complexity index is 426. The van der Waals surface area contributed by atoms with Crippen molar-refractivity contribution in [2.75, 3.05) is 13.2 Å². The van der Waals surface area contributed by atoms with Crippen LogP contribution in [-0.2, 0) is 6.54 Å². The molecular weight excluding hydrogens is 231 g/mol. The van der Waals surface area contributed by atoms with Crippen LogP contribution in [0.15, 0.2) is 18.2 Å². The van der Waals surface area contributed by atoms with Gasteiger partial charge in [-0.3, -0.25) is 4.90 Å². The molecule has 0 aliphatic rings. The molecule has 98 valence electrons. The summed E-state index contributed by atoms with van der Waals surface area (Å²) in [4.78, 5) is 2.12. The van der Waals surface area contributed by atoms with Crippen LogP contribution in [0.2, 0.25) is 0 Å². The van der Waals surface area contributed by atoms with Crippen LogP contribution in [-0.4, -0.2) is 29.2 Å². The number of halogens is 1. The first-order valence-corrected chi connectivity index (χ1v) is 6.12. The number of benzene rings is 1. The summed E-state index contributed by atoms with van der Waals surface area (Å²) in [6, 6.07) is 6.58. The Morgan fingerprint density at radius 2 is 2.17 bits per heavy atom. The van der Waals surface area contributed by atoms with Gasteiger partial charge >= 0.3 is 0 Å². The van der Waals surface area contributed by atoms with Crippen molar-refractivity contribution in [2.24, 2.45) is 0 Å². The highest BCUT2D eigenvalue weighted by Crippen LogP contribution is 2.15. The molecule has 18 heavy (non-hydrogen) atoms. The maximum atomic E-state index is 13.2. The molecular formula is C14H19FN2O. The third-order valence-electron chi connectivity index (χ3n) is 2.89. The molecule has 0 aliphatic carbocycles. The molecule has 1 N–H and O–H groups in total. The fraction of sp³-hybridized carbons (Fsp3) is 0.500. The summed E-state index contributed by atoms with van der Waals surface area (Å²) in [5.41, 5.74) is 1.20. The average molecular weight is 250 g/mol. The Hall–Kier alpha value is -1.44. The smallest absolute Gasteiger partial charge is 0.123 e. The van der Waals surface area contributed by atoms with E-state index in [-0.39, 0.29) is 18.5 Å². The largest absolute Gasteiger partial charge is 0.396 e. The van der Waals surface area contributed by atoms with Crippen molar-refractivity contribution >= 4 is 0 Å². The molecule has 0 saturated heterocycles. The van der Waals surface area contributed by atoms with Crippen molar-refractivity contribution in [3.63, 3.8) is 0 Å². The predicted octanol–water partition coefficient (Wildman–Crippen LogP) is 2.29. The van der Waals surface area contributed by atoms with Crippen LogP contribution in [0.25, 0.3) is 0 Å². The molecule has 0 saturated carbocycles. The fourth-order valence-electron chi connectivity index (χ4n) is 1.81. The van der Waals surface area contributed by atoms with Crippen molar-refractivity contribution < 1.29 is 9.50 Å². The standard InChI is InChI=1S/C14H19FN2O/c1-11(2)17(6-3-7-18)10-13-8-14(15)5-4-12(13)9-16/h4-5,8,11,18H,3,6-7,10H2,1-2H3. The summed E-state index contributed by atoms with van der Waals surface area (Å²) < 4.78 is 13.2. The van der Waals surface area contributed by atoms with Gasteiger partial charge in [0.05, 0.1) is 11.6 Å². The Balaban J connectivity index is 2.86. The second kappa shape index (κ2) is 7.10. The second-order valence-corrected chi connectivity index (χ2v) is 4.55. The number of hydrogen-bond acceptors (Lipinski definition) is 3. The van der Waals surface area contributed by atoms with E-state index in [1.807, 2.05) is 13.8 Å². The third kappa shape index (κ3) is 4.10. The van der Waals surface area contributed by atoms with E-state index in [1.165, 1.54) is 18.2 Å². The summed E-state index contributed by atoms with van der Waals surface area (Å²) in [5.74, 6) is -0.324. The van der Waals surface area contributed by atoms with Crippen LogP contribution in [0.1, 0.15) is 31.4 Å². The number of aliphatic hydroxyl groups excluding tert-OH is 1. The van der Waals surface area contributed by atoms with Crippen LogP contribution in [0.3, 0.4) is 0 Å². The summed E-state index contributed by atoms with van der Waals surface area (Å²) in [6.45, 7) is 5.48. The lowest BCUT2D eigenvalue weighted by Gasteiger charge is -2.26. The summed E-state index contributed by atoms with van der Waals surface area (Å²) >= 11 is 0. The minimum absolute atomic E-state index is 0.136. The molecule has 4 heteroatoms. The zero-order valence-corrected chi connectivity index (χ0v) is 10.9. The number of nitrogens with zero attached hydrogens (tertiary/aromatic N) is 2. The van der Waals surface area contributed by atoms with E-state index in [0.717, 1.165) is 6.54 Å². The van der Waals surface area contributed by atoms with Gasteiger partial charge in [-0.1, -0.05) is 0 Å². The SMILES string of the molecule is CC(C)N(CCCO)Cc1cc(F)ccc1C#N. The molecule has 0 heterocycles. The Kier molecular flexibility index (Phi) is 5.76. The first-order valence-electron chi connectivity index (χ1n) is 6.12. The fourth-order valence-corrected chi connectivity index (χ4v) is 1.81. The molecule has 0 spiro atoms. The Morgan fingerprint density at radius 1 is 1.44 bits per heavy atom. The molecule has 0 fully saturated rings. The molecule has 0 bridgehead atoms. The van der Waals surface area contributed by atoms with Gasteiger partial charge in [-0.2, -0.15) is 5.26 Å². The second-order valence-electron chi connectivity index (χ2n) is 4.55. The van der Waals surface area contributed by atoms with Gasteiger partial charge in [-0.15, -0.1) is 0 Å². The first-order chi connectivity index (χ1) is 8.58. The van der Waals surface area contributed by atoms with E-state index in [2.05, 4.69) is 11.0 Å². The normalized spacial score (nSPS) is 10.9. The van der Waals surface area contributed by atoms with Gasteiger partial charge in [0.15, 0.2) is 0 Å². The lowest BCUT2D eigenvalue weighted by atomic mass is 10.1. The first kappa shape index (κ1) is 14.6. The summed E-state index contributed by atoms with van der Waals surface area (Å²) in [6.07, 6.45) is 0.676. The molecule has 0 aliphatic heterocycles. The summed E-state index contributed by atoms with van der Waals surface area (Å²) in [7, 11) is 0. The average Bonchev–Trinajstić information content (AvgIpc) is 2.34. The van der Waals surface area contributed by atoms with Crippen LogP contribution in [0.5, 0.6) is 0 Å². The van der Waals surface area contributed by atoms with Gasteiger partial charge in [0.25, 0.3) is 0 Å². The predicted molar refractivity (Wildman–Crippen MR) is 68.4 cm³/mol. The van der Waals surface area contributed by atoms with Gasteiger partial charge in [0.2, 0.25) is 0 Å². The maximum Gasteiger partial charge on any atom is 0.123 e. The molecule has 0 amide bonds. The van der Waals surface area contributed by atoms with E-state index in [0.29, 0.717) is 24.1 Å². The molecule has 0 unspecified atom stereocenters. The molecule has 0 radical (unpaired) electrons. The molecule has 1 aromatic carbocycles. The minimum atomic E-state index is -0.324. The number of hydrogen-bond donors (Lipinski definition) is 1. The highest BCUT2D eigenvalue weighted by atomic mass is 19.1. The molecule has 3 nitrogen and oxygen atoms in total. The van der Waals surface area contributed by atoms with Crippen molar-refractivity contribution in [2.45, 2.75) is 32.9 Å². The van der Waals surface area contributed by atoms with Crippen molar-refractivity contribution in [3.05, 3.63) is 35.1 Å². The quantitative estimate of drug-likeness (QED) is 0.842. The van der Waals surface area contributed by atoms with E-state index in [9.17, 15) is 4.39 Å². The van der Waals surface area contributed by atoms with Gasteiger partial charge in [-0.25, -0.2) is 4.39 Å². The van der Waals surface area contributed by atoms with Gasteiger partial charge in [0, 0.05) is 25.7 Å². The molecule has 0 aromatic heterocycles. The van der Waals surface area contributed by atoms with Crippen molar-refractivity contribution in [1.29, 1.82) is 5.26 Å². The van der Waals surface area contributed by atoms with Crippen LogP contribution < -0.4 is 0 Å². The van der Waals surface area contributed by atoms with Gasteiger partial charge in [0.1, 0.15) is 5.82 Å². The van der Waals surface area contributed by atoms with Crippen LogP contribution in [0.4, 0.5) is 4.39 Å². The third-order valence-corrected chi connectivity index (χ3v) is 2.89. The lowest BCUT2D eigenvalue weighted by Crippen LogP contribution is -2.32. The van der Waals surface area contributed by atoms with Crippen molar-refractivity contribution in [3.8, 4) is 6.07 Å². The minimum Gasteiger partial charge on any atom is -0.396 e. The lowest BCUT2D eigenvalue weighted by molar-refractivity contribution is 0.184. The zero-order chi connectivity index (χ0) is 13.5. The topological polar surface area (TPSA) is 47.3 Å². The summed E-state index contributed by atoms with van der Waals surface area (Å²) in [5, 5.41) is 17.9. The van der Waals surface area contributed by atoms with Gasteiger partial charge in [-0.05, 0) is 44.0 Å². The molecule has 1 aromatic rings. The number of aliphatic hydroxyl groups is 1. The van der Waals surface area contributed by atoms with E-state index in [1.54, 1.807) is 0 Å². The Morgan fingerprint density at radius 3 is 2.72 bits per heavy atom. The highest BCUT2D eigenvalue weighted by Gasteiger charge is 2.12. The van der Waals surface area contributed by atoms with Crippen LogP contribution >= 0.6 is 0 Å². The van der Waals surface area contributed by atoms with Crippen molar-refractivity contribution in [1.82, 2.24) is 4.90 Å². The highest BCUT2D eigenvalue weighted by molar-refractivity contribution is 5.37.